The van der Waals surface area contributed by atoms with E-state index < -0.39 is 17.3 Å². The van der Waals surface area contributed by atoms with E-state index in [-0.39, 0.29) is 6.42 Å². The maximum absolute atomic E-state index is 10.8. The number of hydrogen-bond donors (Lipinski definition) is 0. The van der Waals surface area contributed by atoms with Crippen LogP contribution < -0.4 is 5.11 Å². The van der Waals surface area contributed by atoms with Crippen molar-refractivity contribution in [2.75, 3.05) is 0 Å². The van der Waals surface area contributed by atoms with Crippen molar-refractivity contribution in [3.63, 3.8) is 0 Å². The summed E-state index contributed by atoms with van der Waals surface area (Å²) in [7, 11) is 0. The SMILES string of the molecule is C=C([O-])CC(=O)OC(C)(C)C. The van der Waals surface area contributed by atoms with Gasteiger partial charge in [-0.1, -0.05) is 0 Å². The standard InChI is InChI=1S/C8H14O3/c1-6(9)5-7(10)11-8(2,3)4/h9H,1,5H2,2-4H3/p-1. The van der Waals surface area contributed by atoms with Crippen LogP contribution in [0.1, 0.15) is 27.2 Å². The fourth-order valence-electron chi connectivity index (χ4n) is 0.539. The van der Waals surface area contributed by atoms with E-state index in [1.54, 1.807) is 20.8 Å². The first-order chi connectivity index (χ1) is 4.81. The fourth-order valence-corrected chi connectivity index (χ4v) is 0.539. The molecule has 0 spiro atoms. The lowest BCUT2D eigenvalue weighted by molar-refractivity contribution is -0.305. The van der Waals surface area contributed by atoms with Gasteiger partial charge in [0.2, 0.25) is 0 Å². The van der Waals surface area contributed by atoms with Gasteiger partial charge in [0.1, 0.15) is 5.60 Å². The van der Waals surface area contributed by atoms with Crippen molar-refractivity contribution in [1.29, 1.82) is 0 Å². The van der Waals surface area contributed by atoms with E-state index in [2.05, 4.69) is 6.58 Å². The van der Waals surface area contributed by atoms with Crippen LogP contribution >= 0.6 is 0 Å². The summed E-state index contributed by atoms with van der Waals surface area (Å²) in [6.45, 7) is 8.31. The molecule has 0 rings (SSSR count). The third kappa shape index (κ3) is 6.90. The summed E-state index contributed by atoms with van der Waals surface area (Å²) in [6, 6.07) is 0. The van der Waals surface area contributed by atoms with Crippen LogP contribution in [0.3, 0.4) is 0 Å². The summed E-state index contributed by atoms with van der Waals surface area (Å²) in [6.07, 6.45) is -0.239. The molecule has 0 unspecified atom stereocenters. The van der Waals surface area contributed by atoms with Crippen molar-refractivity contribution in [1.82, 2.24) is 0 Å². The number of carbonyl (C=O) groups excluding carboxylic acids is 1. The van der Waals surface area contributed by atoms with Crippen LogP contribution in [0.4, 0.5) is 0 Å². The van der Waals surface area contributed by atoms with E-state index in [0.29, 0.717) is 0 Å². The molecule has 0 aliphatic heterocycles. The van der Waals surface area contributed by atoms with E-state index in [9.17, 15) is 9.90 Å². The number of esters is 1. The molecule has 0 atom stereocenters. The Labute approximate surface area is 66.7 Å². The summed E-state index contributed by atoms with van der Waals surface area (Å²) >= 11 is 0. The minimum atomic E-state index is -0.521. The smallest absolute Gasteiger partial charge is 0.309 e. The lowest BCUT2D eigenvalue weighted by atomic mass is 10.2. The first kappa shape index (κ1) is 10.0. The van der Waals surface area contributed by atoms with Crippen molar-refractivity contribution < 1.29 is 14.6 Å². The highest BCUT2D eigenvalue weighted by atomic mass is 16.6. The molecule has 3 heteroatoms. The molecule has 0 amide bonds. The number of carbonyl (C=O) groups is 1. The second-order valence-electron chi connectivity index (χ2n) is 3.30. The minimum Gasteiger partial charge on any atom is -0.875 e. The maximum Gasteiger partial charge on any atom is 0.309 e. The first-order valence-corrected chi connectivity index (χ1v) is 3.38. The molecule has 64 valence electrons. The summed E-state index contributed by atoms with van der Waals surface area (Å²) in [5.74, 6) is -0.934. The van der Waals surface area contributed by atoms with E-state index >= 15 is 0 Å². The Bertz CT molecular complexity index is 165. The third-order valence-corrected chi connectivity index (χ3v) is 0.762. The molecule has 11 heavy (non-hydrogen) atoms. The monoisotopic (exact) mass is 157 g/mol. The minimum absolute atomic E-state index is 0.239. The quantitative estimate of drug-likeness (QED) is 0.435. The molecule has 0 radical (unpaired) electrons. The van der Waals surface area contributed by atoms with E-state index in [1.807, 2.05) is 0 Å². The molecule has 0 saturated carbocycles. The highest BCUT2D eigenvalue weighted by Crippen LogP contribution is 2.08. The maximum atomic E-state index is 10.8. The first-order valence-electron chi connectivity index (χ1n) is 3.38. The second-order valence-corrected chi connectivity index (χ2v) is 3.30. The lowest BCUT2D eigenvalue weighted by Gasteiger charge is -2.20. The van der Waals surface area contributed by atoms with Crippen molar-refractivity contribution >= 4 is 5.97 Å². The molecule has 0 saturated heterocycles. The van der Waals surface area contributed by atoms with Crippen molar-refractivity contribution in [3.8, 4) is 0 Å². The Morgan fingerprint density at radius 2 is 2.00 bits per heavy atom. The molecular formula is C8H13O3-. The van der Waals surface area contributed by atoms with E-state index in [0.717, 1.165) is 0 Å². The van der Waals surface area contributed by atoms with Gasteiger partial charge in [0, 0.05) is 0 Å². The zero-order chi connectivity index (χ0) is 9.07. The highest BCUT2D eigenvalue weighted by Gasteiger charge is 2.14. The Hall–Kier alpha value is -0.990. The van der Waals surface area contributed by atoms with Crippen molar-refractivity contribution in [2.24, 2.45) is 0 Å². The van der Waals surface area contributed by atoms with Gasteiger partial charge in [0.25, 0.3) is 0 Å². The van der Waals surface area contributed by atoms with Gasteiger partial charge in [-0.25, -0.2) is 0 Å². The second kappa shape index (κ2) is 3.42. The zero-order valence-electron chi connectivity index (χ0n) is 7.14. The van der Waals surface area contributed by atoms with Gasteiger partial charge in [0.15, 0.2) is 0 Å². The molecule has 0 aliphatic carbocycles. The lowest BCUT2D eigenvalue weighted by Crippen LogP contribution is -2.25. The van der Waals surface area contributed by atoms with Crippen LogP contribution in [0.25, 0.3) is 0 Å². The zero-order valence-corrected chi connectivity index (χ0v) is 7.14. The van der Waals surface area contributed by atoms with Gasteiger partial charge in [-0.15, -0.1) is 12.3 Å². The van der Waals surface area contributed by atoms with Crippen molar-refractivity contribution in [2.45, 2.75) is 32.8 Å². The average molecular weight is 157 g/mol. The predicted octanol–water partition coefficient (Wildman–Crippen LogP) is 0.592. The average Bonchev–Trinajstić information content (AvgIpc) is 1.53. The van der Waals surface area contributed by atoms with Gasteiger partial charge >= 0.3 is 5.97 Å². The molecule has 0 aromatic heterocycles. The number of ether oxygens (including phenoxy) is 1. The molecule has 0 aliphatic rings. The third-order valence-electron chi connectivity index (χ3n) is 0.762. The van der Waals surface area contributed by atoms with Crippen LogP contribution in [0.2, 0.25) is 0 Å². The van der Waals surface area contributed by atoms with Crippen LogP contribution in [0.15, 0.2) is 12.3 Å². The van der Waals surface area contributed by atoms with Crippen LogP contribution in [0, 0.1) is 0 Å². The van der Waals surface area contributed by atoms with Gasteiger partial charge in [-0.05, 0) is 20.8 Å². The Morgan fingerprint density at radius 3 is 2.27 bits per heavy atom. The molecule has 0 fully saturated rings. The van der Waals surface area contributed by atoms with Gasteiger partial charge < -0.3 is 9.84 Å². The van der Waals surface area contributed by atoms with E-state index in [1.165, 1.54) is 0 Å². The van der Waals surface area contributed by atoms with Crippen LogP contribution in [-0.4, -0.2) is 11.6 Å². The number of rotatable bonds is 2. The fraction of sp³-hybridized carbons (Fsp3) is 0.625. The molecule has 3 nitrogen and oxygen atoms in total. The molecular weight excluding hydrogens is 144 g/mol. The van der Waals surface area contributed by atoms with Gasteiger partial charge in [-0.3, -0.25) is 4.79 Å². The van der Waals surface area contributed by atoms with Crippen molar-refractivity contribution in [3.05, 3.63) is 12.3 Å². The summed E-state index contributed by atoms with van der Waals surface area (Å²) in [4.78, 5) is 10.8. The Balaban J connectivity index is 3.80. The normalized spacial score (nSPS) is 10.8. The molecule has 0 bridgehead atoms. The summed E-state index contributed by atoms with van der Waals surface area (Å²) in [5.41, 5.74) is -0.521. The molecule has 0 aromatic rings. The number of hydrogen-bond acceptors (Lipinski definition) is 3. The Morgan fingerprint density at radius 1 is 1.55 bits per heavy atom. The van der Waals surface area contributed by atoms with Gasteiger partial charge in [-0.2, -0.15) is 0 Å². The van der Waals surface area contributed by atoms with Gasteiger partial charge in [0.05, 0.1) is 6.42 Å². The van der Waals surface area contributed by atoms with E-state index in [4.69, 9.17) is 4.74 Å². The summed E-state index contributed by atoms with van der Waals surface area (Å²) < 4.78 is 4.85. The molecule has 0 heterocycles. The highest BCUT2D eigenvalue weighted by molar-refractivity contribution is 5.71. The molecule has 0 N–H and O–H groups in total. The topological polar surface area (TPSA) is 49.4 Å². The van der Waals surface area contributed by atoms with Crippen LogP contribution in [0.5, 0.6) is 0 Å². The largest absolute Gasteiger partial charge is 0.875 e. The molecule has 0 aromatic carbocycles. The summed E-state index contributed by atoms with van der Waals surface area (Å²) in [5, 5.41) is 10.3. The van der Waals surface area contributed by atoms with Crippen LogP contribution in [-0.2, 0) is 9.53 Å². The Kier molecular flexibility index (Phi) is 3.11. The predicted molar refractivity (Wildman–Crippen MR) is 39.6 cm³/mol.